The second kappa shape index (κ2) is 8.54. The van der Waals surface area contributed by atoms with Crippen LogP contribution in [0.1, 0.15) is 34.3 Å². The number of nitrogens with zero attached hydrogens (tertiary/aromatic N) is 1. The van der Waals surface area contributed by atoms with Gasteiger partial charge in [0.15, 0.2) is 17.2 Å². The second-order valence-corrected chi connectivity index (χ2v) is 9.70. The van der Waals surface area contributed by atoms with Crippen molar-refractivity contribution in [1.82, 2.24) is 4.90 Å². The summed E-state index contributed by atoms with van der Waals surface area (Å²) >= 11 is 0. The average Bonchev–Trinajstić information content (AvgIpc) is 2.82. The molecule has 1 amide bonds. The Kier molecular flexibility index (Phi) is 5.73. The minimum absolute atomic E-state index is 0.00959. The van der Waals surface area contributed by atoms with Gasteiger partial charge in [0.25, 0.3) is 5.91 Å². The number of Topliss-reactive ketones (excluding diaryl/α,β-unsaturated/α-hetero) is 3. The van der Waals surface area contributed by atoms with Gasteiger partial charge in [0.2, 0.25) is 5.78 Å². The van der Waals surface area contributed by atoms with Gasteiger partial charge in [-0.25, -0.2) is 0 Å². The van der Waals surface area contributed by atoms with Crippen LogP contribution in [0.5, 0.6) is 5.75 Å². The number of benzene rings is 1. The molecule has 0 bridgehead atoms. The fourth-order valence-corrected chi connectivity index (χ4v) is 5.93. The first kappa shape index (κ1) is 24.2. The Balaban J connectivity index is 1.59. The van der Waals surface area contributed by atoms with E-state index in [1.165, 1.54) is 12.1 Å². The maximum absolute atomic E-state index is 13.5. The molecular weight excluding hydrogens is 472 g/mol. The molecule has 6 N–H and O–H groups in total. The molecule has 3 aliphatic carbocycles. The quantitative estimate of drug-likeness (QED) is 0.278. The van der Waals surface area contributed by atoms with Crippen molar-refractivity contribution < 1.29 is 44.3 Å². The summed E-state index contributed by atoms with van der Waals surface area (Å²) in [4.78, 5) is 52.8. The largest absolute Gasteiger partial charge is 0.508 e. The minimum Gasteiger partial charge on any atom is -0.508 e. The van der Waals surface area contributed by atoms with Crippen LogP contribution in [0.4, 0.5) is 0 Å². The number of phenols is 1. The molecule has 2 fully saturated rings. The van der Waals surface area contributed by atoms with Crippen LogP contribution >= 0.6 is 0 Å². The molecule has 0 spiro atoms. The molecule has 3 unspecified atom stereocenters. The molecular formula is C25H26N2O9. The van der Waals surface area contributed by atoms with Gasteiger partial charge in [-0.1, -0.05) is 0 Å². The Hall–Kier alpha value is -3.54. The maximum Gasteiger partial charge on any atom is 0.255 e. The molecule has 1 aromatic rings. The molecule has 3 atom stereocenters. The third-order valence-electron chi connectivity index (χ3n) is 7.72. The predicted molar refractivity (Wildman–Crippen MR) is 123 cm³/mol. The number of ketones is 3. The topological polar surface area (TPSA) is 188 Å². The highest BCUT2D eigenvalue weighted by Crippen LogP contribution is 2.52. The molecule has 1 heterocycles. The molecule has 11 nitrogen and oxygen atoms in total. The molecule has 1 aliphatic heterocycles. The van der Waals surface area contributed by atoms with Crippen LogP contribution in [-0.4, -0.2) is 87.0 Å². The van der Waals surface area contributed by atoms with Crippen LogP contribution in [0.15, 0.2) is 29.0 Å². The first-order valence-electron chi connectivity index (χ1n) is 11.7. The van der Waals surface area contributed by atoms with Crippen LogP contribution < -0.4 is 5.73 Å². The van der Waals surface area contributed by atoms with E-state index in [0.29, 0.717) is 37.4 Å². The number of aliphatic hydroxyl groups is 3. The number of carbonyl (C=O) groups excluding carboxylic acids is 4. The van der Waals surface area contributed by atoms with Gasteiger partial charge in [0, 0.05) is 36.6 Å². The summed E-state index contributed by atoms with van der Waals surface area (Å²) in [5.41, 5.74) is 2.08. The van der Waals surface area contributed by atoms with Crippen molar-refractivity contribution in [2.75, 3.05) is 32.8 Å². The van der Waals surface area contributed by atoms with Crippen molar-refractivity contribution in [3.05, 3.63) is 45.7 Å². The number of aromatic hydroxyl groups is 1. The fraction of sp³-hybridized carbons (Fsp3) is 0.440. The smallest absolute Gasteiger partial charge is 0.255 e. The highest BCUT2D eigenvalue weighted by atomic mass is 16.5. The van der Waals surface area contributed by atoms with E-state index in [2.05, 4.69) is 0 Å². The highest BCUT2D eigenvalue weighted by Gasteiger charge is 2.60. The van der Waals surface area contributed by atoms with Gasteiger partial charge in [-0.3, -0.25) is 24.1 Å². The number of hydrogen-bond acceptors (Lipinski definition) is 10. The van der Waals surface area contributed by atoms with E-state index in [1.54, 1.807) is 0 Å². The summed E-state index contributed by atoms with van der Waals surface area (Å²) in [7, 11) is 0. The Labute approximate surface area is 205 Å². The van der Waals surface area contributed by atoms with Crippen molar-refractivity contribution in [1.29, 1.82) is 0 Å². The van der Waals surface area contributed by atoms with E-state index in [0.717, 1.165) is 0 Å². The van der Waals surface area contributed by atoms with E-state index in [1.807, 2.05) is 4.90 Å². The molecule has 0 radical (unpaired) electrons. The number of rotatable bonds is 4. The van der Waals surface area contributed by atoms with Gasteiger partial charge >= 0.3 is 0 Å². The van der Waals surface area contributed by atoms with Gasteiger partial charge < -0.3 is 30.9 Å². The molecule has 1 saturated carbocycles. The number of amides is 1. The lowest BCUT2D eigenvalue weighted by Gasteiger charge is -2.46. The zero-order chi connectivity index (χ0) is 25.9. The van der Waals surface area contributed by atoms with Gasteiger partial charge in [-0.05, 0) is 36.5 Å². The zero-order valence-electron chi connectivity index (χ0n) is 19.3. The van der Waals surface area contributed by atoms with E-state index in [9.17, 15) is 39.6 Å². The fourth-order valence-electron chi connectivity index (χ4n) is 5.93. The number of fused-ring (bicyclic) bond motifs is 3. The predicted octanol–water partition coefficient (Wildman–Crippen LogP) is -0.0612. The normalized spacial score (nSPS) is 28.5. The number of carbonyl (C=O) groups is 4. The summed E-state index contributed by atoms with van der Waals surface area (Å²) in [6.45, 7) is 2.33. The van der Waals surface area contributed by atoms with Crippen LogP contribution in [0, 0.1) is 11.8 Å². The van der Waals surface area contributed by atoms with Gasteiger partial charge in [-0.2, -0.15) is 0 Å². The van der Waals surface area contributed by atoms with Crippen LogP contribution in [-0.2, 0) is 25.5 Å². The van der Waals surface area contributed by atoms with Crippen molar-refractivity contribution in [2.24, 2.45) is 17.6 Å². The highest BCUT2D eigenvalue weighted by molar-refractivity contribution is 6.22. The molecule has 190 valence electrons. The van der Waals surface area contributed by atoms with Gasteiger partial charge in [0.05, 0.1) is 25.3 Å². The summed E-state index contributed by atoms with van der Waals surface area (Å²) in [6.07, 6.45) is -0.298. The van der Waals surface area contributed by atoms with E-state index in [-0.39, 0.29) is 42.1 Å². The lowest BCUT2D eigenvalue weighted by Crippen LogP contribution is -2.58. The first-order chi connectivity index (χ1) is 17.1. The van der Waals surface area contributed by atoms with Gasteiger partial charge in [0.1, 0.15) is 22.8 Å². The summed E-state index contributed by atoms with van der Waals surface area (Å²) < 4.78 is 5.31. The van der Waals surface area contributed by atoms with Crippen LogP contribution in [0.25, 0.3) is 5.76 Å². The van der Waals surface area contributed by atoms with Crippen LogP contribution in [0.2, 0.25) is 0 Å². The number of aliphatic hydroxyl groups excluding tert-OH is 2. The van der Waals surface area contributed by atoms with Crippen molar-refractivity contribution in [2.45, 2.75) is 24.9 Å². The minimum atomic E-state index is -2.62. The lowest BCUT2D eigenvalue weighted by atomic mass is 9.59. The first-order valence-corrected chi connectivity index (χ1v) is 11.7. The number of morpholine rings is 1. The number of hydrogen-bond donors (Lipinski definition) is 5. The van der Waals surface area contributed by atoms with E-state index >= 15 is 0 Å². The third kappa shape index (κ3) is 3.46. The molecule has 0 aromatic heterocycles. The van der Waals surface area contributed by atoms with E-state index < -0.39 is 58.4 Å². The molecule has 11 heteroatoms. The van der Waals surface area contributed by atoms with Crippen molar-refractivity contribution in [3.63, 3.8) is 0 Å². The SMILES string of the molecule is NC(=O)C1=C(O)C2(O)C(=O)C3=C(O)c4c(O)ccc(C(=O)CN5CCOCC5)c4CC3CC2CC1=O. The summed E-state index contributed by atoms with van der Waals surface area (Å²) in [6, 6.07) is 2.74. The third-order valence-corrected chi connectivity index (χ3v) is 7.72. The molecule has 1 aromatic carbocycles. The number of ether oxygens (including phenoxy) is 1. The number of nitrogens with two attached hydrogens (primary N) is 1. The average molecular weight is 498 g/mol. The molecule has 36 heavy (non-hydrogen) atoms. The standard InChI is InChI=1S/C25H26N2O9/c26-24(34)20-16(29)9-12-7-11-8-14-13(17(30)10-27-3-5-36-6-4-27)1-2-15(28)19(14)21(31)18(11)22(32)25(12,35)23(20)33/h1-2,11-12,28,31,33,35H,3-10H2,(H2,26,34). The Bertz CT molecular complexity index is 1270. The summed E-state index contributed by atoms with van der Waals surface area (Å²) in [5, 5.41) is 43.6. The Morgan fingerprint density at radius 1 is 1.11 bits per heavy atom. The second-order valence-electron chi connectivity index (χ2n) is 9.70. The Morgan fingerprint density at radius 2 is 1.81 bits per heavy atom. The number of primary amides is 1. The molecule has 1 saturated heterocycles. The zero-order valence-corrected chi connectivity index (χ0v) is 19.3. The number of phenolic OH excluding ortho intramolecular Hbond substituents is 1. The maximum atomic E-state index is 13.5. The monoisotopic (exact) mass is 498 g/mol. The molecule has 5 rings (SSSR count). The van der Waals surface area contributed by atoms with Gasteiger partial charge in [-0.15, -0.1) is 0 Å². The van der Waals surface area contributed by atoms with Crippen LogP contribution in [0.3, 0.4) is 0 Å². The van der Waals surface area contributed by atoms with Crippen molar-refractivity contribution in [3.8, 4) is 5.75 Å². The Morgan fingerprint density at radius 3 is 2.47 bits per heavy atom. The summed E-state index contributed by atoms with van der Waals surface area (Å²) in [5.74, 6) is -7.18. The molecule has 4 aliphatic rings. The van der Waals surface area contributed by atoms with Crippen molar-refractivity contribution >= 4 is 29.0 Å². The lowest BCUT2D eigenvalue weighted by molar-refractivity contribution is -0.147. The van der Waals surface area contributed by atoms with E-state index in [4.69, 9.17) is 10.5 Å².